The molecular formula is C15H18N2OS2. The lowest BCUT2D eigenvalue weighted by molar-refractivity contribution is 0.0739. The first-order valence-corrected chi connectivity index (χ1v) is 8.72. The lowest BCUT2D eigenvalue weighted by atomic mass is 10.2. The van der Waals surface area contributed by atoms with Crippen molar-refractivity contribution >= 4 is 29.0 Å². The van der Waals surface area contributed by atoms with Crippen LogP contribution in [0.25, 0.3) is 0 Å². The lowest BCUT2D eigenvalue weighted by Gasteiger charge is -2.22. The molecule has 3 nitrogen and oxygen atoms in total. The number of rotatable bonds is 6. The van der Waals surface area contributed by atoms with E-state index in [-0.39, 0.29) is 5.91 Å². The summed E-state index contributed by atoms with van der Waals surface area (Å²) in [4.78, 5) is 18.9. The summed E-state index contributed by atoms with van der Waals surface area (Å²) in [5.41, 5.74) is 1.88. The van der Waals surface area contributed by atoms with Gasteiger partial charge in [-0.2, -0.15) is 11.3 Å². The molecule has 0 aliphatic carbocycles. The van der Waals surface area contributed by atoms with Gasteiger partial charge in [0.25, 0.3) is 5.91 Å². The molecule has 0 aliphatic heterocycles. The van der Waals surface area contributed by atoms with Crippen molar-refractivity contribution in [1.82, 2.24) is 9.88 Å². The Kier molecular flexibility index (Phi) is 5.61. The minimum atomic E-state index is 0.0653. The van der Waals surface area contributed by atoms with Crippen molar-refractivity contribution < 1.29 is 4.79 Å². The van der Waals surface area contributed by atoms with Crippen LogP contribution in [-0.4, -0.2) is 28.6 Å². The summed E-state index contributed by atoms with van der Waals surface area (Å²) >= 11 is 3.17. The van der Waals surface area contributed by atoms with Gasteiger partial charge in [-0.3, -0.25) is 4.79 Å². The van der Waals surface area contributed by atoms with E-state index in [1.807, 2.05) is 28.7 Å². The van der Waals surface area contributed by atoms with Crippen molar-refractivity contribution in [2.45, 2.75) is 24.9 Å². The van der Waals surface area contributed by atoms with Gasteiger partial charge in [0.1, 0.15) is 5.03 Å². The van der Waals surface area contributed by atoms with Crippen molar-refractivity contribution in [3.63, 3.8) is 0 Å². The van der Waals surface area contributed by atoms with Gasteiger partial charge in [-0.25, -0.2) is 4.98 Å². The number of carbonyl (C=O) groups is 1. The number of aromatic nitrogens is 1. The Morgan fingerprint density at radius 2 is 2.30 bits per heavy atom. The minimum Gasteiger partial charge on any atom is -0.334 e. The van der Waals surface area contributed by atoms with E-state index in [2.05, 4.69) is 23.4 Å². The van der Waals surface area contributed by atoms with Gasteiger partial charge in [0.15, 0.2) is 0 Å². The van der Waals surface area contributed by atoms with Crippen molar-refractivity contribution in [3.8, 4) is 0 Å². The van der Waals surface area contributed by atoms with Crippen LogP contribution in [-0.2, 0) is 6.54 Å². The van der Waals surface area contributed by atoms with Crippen LogP contribution in [0.4, 0.5) is 0 Å². The molecule has 0 unspecified atom stereocenters. The van der Waals surface area contributed by atoms with E-state index in [0.29, 0.717) is 12.1 Å². The van der Waals surface area contributed by atoms with E-state index in [1.54, 1.807) is 17.5 Å². The molecule has 0 N–H and O–H groups in total. The highest BCUT2D eigenvalue weighted by molar-refractivity contribution is 7.98. The first kappa shape index (κ1) is 15.1. The number of nitrogens with zero attached hydrogens (tertiary/aromatic N) is 2. The van der Waals surface area contributed by atoms with Crippen molar-refractivity contribution in [3.05, 3.63) is 46.3 Å². The third kappa shape index (κ3) is 3.61. The maximum Gasteiger partial charge on any atom is 0.256 e. The number of hydrogen-bond acceptors (Lipinski definition) is 4. The highest BCUT2D eigenvalue weighted by Gasteiger charge is 2.19. The molecule has 0 aliphatic rings. The van der Waals surface area contributed by atoms with E-state index < -0.39 is 0 Å². The van der Waals surface area contributed by atoms with Gasteiger partial charge < -0.3 is 4.90 Å². The Labute approximate surface area is 128 Å². The first-order valence-electron chi connectivity index (χ1n) is 6.55. The maximum absolute atomic E-state index is 12.7. The fraction of sp³-hybridized carbons (Fsp3) is 0.333. The SMILES string of the molecule is CCCN(Cc1ccsc1)C(=O)c1cccnc1SC. The monoisotopic (exact) mass is 306 g/mol. The van der Waals surface area contributed by atoms with E-state index in [1.165, 1.54) is 17.3 Å². The van der Waals surface area contributed by atoms with Crippen molar-refractivity contribution in [1.29, 1.82) is 0 Å². The Morgan fingerprint density at radius 1 is 1.45 bits per heavy atom. The largest absolute Gasteiger partial charge is 0.334 e. The molecule has 2 aromatic heterocycles. The fourth-order valence-corrected chi connectivity index (χ4v) is 3.21. The van der Waals surface area contributed by atoms with Gasteiger partial charge in [0.05, 0.1) is 5.56 Å². The highest BCUT2D eigenvalue weighted by Crippen LogP contribution is 2.20. The highest BCUT2D eigenvalue weighted by atomic mass is 32.2. The number of hydrogen-bond donors (Lipinski definition) is 0. The Balaban J connectivity index is 2.22. The van der Waals surface area contributed by atoms with Gasteiger partial charge in [0.2, 0.25) is 0 Å². The van der Waals surface area contributed by atoms with E-state index in [4.69, 9.17) is 0 Å². The topological polar surface area (TPSA) is 33.2 Å². The lowest BCUT2D eigenvalue weighted by Crippen LogP contribution is -2.31. The summed E-state index contributed by atoms with van der Waals surface area (Å²) in [6.45, 7) is 3.52. The third-order valence-corrected chi connectivity index (χ3v) is 4.37. The molecule has 0 atom stereocenters. The zero-order valence-corrected chi connectivity index (χ0v) is 13.3. The molecule has 2 rings (SSSR count). The number of thioether (sulfide) groups is 1. The second kappa shape index (κ2) is 7.45. The molecule has 106 valence electrons. The maximum atomic E-state index is 12.7. The third-order valence-electron chi connectivity index (χ3n) is 2.93. The second-order valence-electron chi connectivity index (χ2n) is 4.42. The molecule has 2 aromatic rings. The average Bonchev–Trinajstić information content (AvgIpc) is 2.99. The standard InChI is InChI=1S/C15H18N2OS2/c1-3-8-17(10-12-6-9-20-11-12)15(18)13-5-4-7-16-14(13)19-2/h4-7,9,11H,3,8,10H2,1-2H3. The molecule has 0 saturated heterocycles. The zero-order chi connectivity index (χ0) is 14.4. The summed E-state index contributed by atoms with van der Waals surface area (Å²) < 4.78 is 0. The summed E-state index contributed by atoms with van der Waals surface area (Å²) in [6.07, 6.45) is 4.62. The van der Waals surface area contributed by atoms with Crippen LogP contribution in [0.15, 0.2) is 40.2 Å². The van der Waals surface area contributed by atoms with Crippen LogP contribution in [0.1, 0.15) is 29.3 Å². The van der Waals surface area contributed by atoms with Crippen LogP contribution in [0.5, 0.6) is 0 Å². The van der Waals surface area contributed by atoms with Crippen LogP contribution >= 0.6 is 23.1 Å². The Bertz CT molecular complexity index is 555. The smallest absolute Gasteiger partial charge is 0.256 e. The molecule has 0 aromatic carbocycles. The first-order chi connectivity index (χ1) is 9.76. The normalized spacial score (nSPS) is 10.5. The van der Waals surface area contributed by atoms with Gasteiger partial charge in [-0.05, 0) is 47.2 Å². The number of thiophene rings is 1. The Morgan fingerprint density at radius 3 is 2.95 bits per heavy atom. The molecule has 0 fully saturated rings. The Hall–Kier alpha value is -1.33. The van der Waals surface area contributed by atoms with E-state index >= 15 is 0 Å². The minimum absolute atomic E-state index is 0.0653. The second-order valence-corrected chi connectivity index (χ2v) is 5.99. The quantitative estimate of drug-likeness (QED) is 0.758. The van der Waals surface area contributed by atoms with Crippen LogP contribution in [0.3, 0.4) is 0 Å². The number of pyridine rings is 1. The summed E-state index contributed by atoms with van der Waals surface area (Å²) in [6, 6.07) is 5.75. The number of carbonyl (C=O) groups excluding carboxylic acids is 1. The van der Waals surface area contributed by atoms with Gasteiger partial charge in [0, 0.05) is 19.3 Å². The average molecular weight is 306 g/mol. The predicted octanol–water partition coefficient (Wildman–Crippen LogP) is 3.92. The molecule has 0 bridgehead atoms. The van der Waals surface area contributed by atoms with Crippen molar-refractivity contribution in [2.75, 3.05) is 12.8 Å². The van der Waals surface area contributed by atoms with E-state index in [9.17, 15) is 4.79 Å². The molecule has 5 heteroatoms. The van der Waals surface area contributed by atoms with E-state index in [0.717, 1.165) is 18.0 Å². The molecule has 0 spiro atoms. The molecule has 0 saturated carbocycles. The molecular weight excluding hydrogens is 288 g/mol. The fourth-order valence-electron chi connectivity index (χ4n) is 2.01. The molecule has 20 heavy (non-hydrogen) atoms. The zero-order valence-electron chi connectivity index (χ0n) is 11.7. The molecule has 0 radical (unpaired) electrons. The molecule has 2 heterocycles. The summed E-state index contributed by atoms with van der Waals surface area (Å²) in [7, 11) is 0. The predicted molar refractivity (Wildman–Crippen MR) is 85.4 cm³/mol. The molecule has 1 amide bonds. The van der Waals surface area contributed by atoms with Crippen LogP contribution in [0.2, 0.25) is 0 Å². The van der Waals surface area contributed by atoms with Crippen molar-refractivity contribution in [2.24, 2.45) is 0 Å². The number of amides is 1. The van der Waals surface area contributed by atoms with Crippen LogP contribution < -0.4 is 0 Å². The van der Waals surface area contributed by atoms with Gasteiger partial charge in [-0.1, -0.05) is 6.92 Å². The van der Waals surface area contributed by atoms with Crippen LogP contribution in [0, 0.1) is 0 Å². The summed E-state index contributed by atoms with van der Waals surface area (Å²) in [5, 5.41) is 4.93. The summed E-state index contributed by atoms with van der Waals surface area (Å²) in [5.74, 6) is 0.0653. The van der Waals surface area contributed by atoms with Gasteiger partial charge >= 0.3 is 0 Å². The van der Waals surface area contributed by atoms with Gasteiger partial charge in [-0.15, -0.1) is 11.8 Å².